The van der Waals surface area contributed by atoms with Crippen LogP contribution in [0.1, 0.15) is 48.1 Å². The quantitative estimate of drug-likeness (QED) is 0.293. The number of thioether (sulfide) groups is 1. The molecule has 3 aromatic rings. The van der Waals surface area contributed by atoms with E-state index in [9.17, 15) is 22.4 Å². The average molecular weight is 579 g/mol. The zero-order valence-corrected chi connectivity index (χ0v) is 23.4. The number of ether oxygens (including phenoxy) is 1. The Morgan fingerprint density at radius 3 is 2.42 bits per heavy atom. The minimum atomic E-state index is -4.76. The minimum Gasteiger partial charge on any atom is -0.494 e. The molecule has 3 heterocycles. The van der Waals surface area contributed by atoms with Gasteiger partial charge in [0.2, 0.25) is 0 Å². The van der Waals surface area contributed by atoms with Crippen molar-refractivity contribution in [3.63, 3.8) is 0 Å². The smallest absolute Gasteiger partial charge is 0.416 e. The first kappa shape index (κ1) is 28.7. The molecule has 1 aromatic heterocycles. The standard InChI is InChI=1S/C30H31F5N2O2S/c1-17-10-12-36(13-11-17)15-19-16-40-29-21(14-22-23(30(33,34)35)7-5-8-24(22)31)18(2)26(28(38)37(19)29)20-6-4-9-25(39-3)27(20)32/h4-9,17,19H,10-16H2,1-3H3. The number of rotatable bonds is 6. The number of alkyl halides is 3. The van der Waals surface area contributed by atoms with Crippen LogP contribution < -0.4 is 10.3 Å². The highest BCUT2D eigenvalue weighted by Gasteiger charge is 2.37. The number of methoxy groups -OCH3 is 1. The largest absolute Gasteiger partial charge is 0.494 e. The van der Waals surface area contributed by atoms with Gasteiger partial charge in [-0.25, -0.2) is 8.78 Å². The monoisotopic (exact) mass is 578 g/mol. The minimum absolute atomic E-state index is 0.00502. The summed E-state index contributed by atoms with van der Waals surface area (Å²) in [5, 5.41) is 0.515. The van der Waals surface area contributed by atoms with Crippen LogP contribution in [0, 0.1) is 24.5 Å². The molecule has 5 rings (SSSR count). The summed E-state index contributed by atoms with van der Waals surface area (Å²) in [5.41, 5.74) is -1.18. The molecule has 0 N–H and O–H groups in total. The topological polar surface area (TPSA) is 34.5 Å². The Bertz CT molecular complexity index is 1480. The number of aromatic nitrogens is 1. The number of likely N-dealkylation sites (tertiary alicyclic amines) is 1. The van der Waals surface area contributed by atoms with Gasteiger partial charge in [-0.15, -0.1) is 11.8 Å². The fourth-order valence-corrected chi connectivity index (χ4v) is 7.19. The van der Waals surface area contributed by atoms with Gasteiger partial charge < -0.3 is 9.64 Å². The Balaban J connectivity index is 1.70. The third-order valence-electron chi connectivity index (χ3n) is 8.09. The summed E-state index contributed by atoms with van der Waals surface area (Å²) in [6.07, 6.45) is -3.05. The fraction of sp³-hybridized carbons (Fsp3) is 0.433. The van der Waals surface area contributed by atoms with Crippen LogP contribution in [-0.4, -0.2) is 42.0 Å². The van der Waals surface area contributed by atoms with E-state index in [-0.39, 0.29) is 29.3 Å². The van der Waals surface area contributed by atoms with Crippen molar-refractivity contribution in [3.8, 4) is 16.9 Å². The van der Waals surface area contributed by atoms with Crippen LogP contribution in [0.4, 0.5) is 22.0 Å². The molecule has 0 saturated carbocycles. The van der Waals surface area contributed by atoms with Crippen molar-refractivity contribution < 1.29 is 26.7 Å². The van der Waals surface area contributed by atoms with Gasteiger partial charge in [0.05, 0.1) is 29.3 Å². The van der Waals surface area contributed by atoms with E-state index in [1.807, 2.05) is 0 Å². The van der Waals surface area contributed by atoms with Crippen molar-refractivity contribution in [3.05, 3.63) is 80.6 Å². The summed E-state index contributed by atoms with van der Waals surface area (Å²) in [6, 6.07) is 7.11. The van der Waals surface area contributed by atoms with Crippen LogP contribution in [0.2, 0.25) is 0 Å². The summed E-state index contributed by atoms with van der Waals surface area (Å²) in [5.74, 6) is -0.586. The first-order chi connectivity index (χ1) is 19.0. The molecule has 0 amide bonds. The van der Waals surface area contributed by atoms with Gasteiger partial charge in [0.1, 0.15) is 5.82 Å². The van der Waals surface area contributed by atoms with Gasteiger partial charge in [-0.2, -0.15) is 13.2 Å². The molecule has 2 aliphatic heterocycles. The van der Waals surface area contributed by atoms with E-state index < -0.39 is 34.5 Å². The number of benzene rings is 2. The second-order valence-electron chi connectivity index (χ2n) is 10.7. The Hall–Kier alpha value is -2.85. The van der Waals surface area contributed by atoms with Gasteiger partial charge in [-0.1, -0.05) is 25.1 Å². The summed E-state index contributed by atoms with van der Waals surface area (Å²) in [4.78, 5) is 16.4. The highest BCUT2D eigenvalue weighted by molar-refractivity contribution is 7.99. The van der Waals surface area contributed by atoms with Crippen LogP contribution in [-0.2, 0) is 12.6 Å². The highest BCUT2D eigenvalue weighted by Crippen LogP contribution is 2.42. The zero-order chi connectivity index (χ0) is 28.8. The molecule has 214 valence electrons. The fourth-order valence-electron chi connectivity index (χ4n) is 5.81. The van der Waals surface area contributed by atoms with E-state index >= 15 is 4.39 Å². The number of piperidine rings is 1. The van der Waals surface area contributed by atoms with Crippen molar-refractivity contribution in [1.82, 2.24) is 9.47 Å². The lowest BCUT2D eigenvalue weighted by Gasteiger charge is -2.32. The first-order valence-electron chi connectivity index (χ1n) is 13.3. The number of halogens is 5. The molecule has 0 bridgehead atoms. The molecule has 1 saturated heterocycles. The van der Waals surface area contributed by atoms with Crippen molar-refractivity contribution in [1.29, 1.82) is 0 Å². The maximum Gasteiger partial charge on any atom is 0.416 e. The summed E-state index contributed by atoms with van der Waals surface area (Å²) in [6.45, 7) is 6.20. The Kier molecular flexibility index (Phi) is 8.03. The van der Waals surface area contributed by atoms with Gasteiger partial charge in [-0.05, 0) is 68.1 Å². The van der Waals surface area contributed by atoms with E-state index in [2.05, 4.69) is 11.8 Å². The molecule has 0 spiro atoms. The van der Waals surface area contributed by atoms with Crippen LogP contribution in [0.5, 0.6) is 5.75 Å². The van der Waals surface area contributed by atoms with Crippen LogP contribution in [0.3, 0.4) is 0 Å². The lowest BCUT2D eigenvalue weighted by atomic mass is 9.92. The second kappa shape index (κ2) is 11.2. The average Bonchev–Trinajstić information content (AvgIpc) is 3.32. The van der Waals surface area contributed by atoms with Crippen LogP contribution in [0.15, 0.2) is 46.2 Å². The predicted molar refractivity (Wildman–Crippen MR) is 146 cm³/mol. The predicted octanol–water partition coefficient (Wildman–Crippen LogP) is 7.10. The van der Waals surface area contributed by atoms with E-state index in [0.717, 1.165) is 44.1 Å². The van der Waals surface area contributed by atoms with Gasteiger partial charge >= 0.3 is 6.18 Å². The molecule has 1 atom stereocenters. The van der Waals surface area contributed by atoms with Gasteiger partial charge in [0, 0.05) is 29.8 Å². The molecule has 10 heteroatoms. The maximum absolute atomic E-state index is 15.5. The van der Waals surface area contributed by atoms with Crippen molar-refractivity contribution in [2.24, 2.45) is 5.92 Å². The van der Waals surface area contributed by atoms with E-state index in [0.29, 0.717) is 34.4 Å². The second-order valence-corrected chi connectivity index (χ2v) is 11.7. The number of fused-ring (bicyclic) bond motifs is 1. The third-order valence-corrected chi connectivity index (χ3v) is 9.36. The SMILES string of the molecule is COc1cccc(-c2c(C)c(Cc3c(F)cccc3C(F)(F)F)c3n(c2=O)C(CN2CCC(C)CC2)CS3)c1F. The highest BCUT2D eigenvalue weighted by atomic mass is 32.2. The Labute approximate surface area is 234 Å². The molecule has 2 aromatic carbocycles. The van der Waals surface area contributed by atoms with Gasteiger partial charge in [0.25, 0.3) is 5.56 Å². The maximum atomic E-state index is 15.5. The van der Waals surface area contributed by atoms with E-state index in [1.54, 1.807) is 17.6 Å². The summed E-state index contributed by atoms with van der Waals surface area (Å²) < 4.78 is 79.0. The van der Waals surface area contributed by atoms with E-state index in [1.165, 1.54) is 31.0 Å². The number of nitrogens with zero attached hydrogens (tertiary/aromatic N) is 2. The van der Waals surface area contributed by atoms with Crippen molar-refractivity contribution in [2.75, 3.05) is 32.5 Å². The summed E-state index contributed by atoms with van der Waals surface area (Å²) in [7, 11) is 1.32. The molecular formula is C30H31F5N2O2S. The molecule has 2 aliphatic rings. The number of hydrogen-bond acceptors (Lipinski definition) is 4. The first-order valence-corrected chi connectivity index (χ1v) is 14.3. The zero-order valence-electron chi connectivity index (χ0n) is 22.6. The lowest BCUT2D eigenvalue weighted by molar-refractivity contribution is -0.138. The molecule has 1 fully saturated rings. The molecular weight excluding hydrogens is 547 g/mol. The van der Waals surface area contributed by atoms with Gasteiger partial charge in [-0.3, -0.25) is 9.36 Å². The van der Waals surface area contributed by atoms with Crippen LogP contribution in [0.25, 0.3) is 11.1 Å². The lowest BCUT2D eigenvalue weighted by Crippen LogP contribution is -2.39. The Morgan fingerprint density at radius 2 is 1.75 bits per heavy atom. The molecule has 40 heavy (non-hydrogen) atoms. The molecule has 0 aliphatic carbocycles. The van der Waals surface area contributed by atoms with Crippen molar-refractivity contribution in [2.45, 2.75) is 50.4 Å². The molecule has 4 nitrogen and oxygen atoms in total. The van der Waals surface area contributed by atoms with E-state index in [4.69, 9.17) is 4.74 Å². The summed E-state index contributed by atoms with van der Waals surface area (Å²) >= 11 is 1.39. The number of hydrogen-bond donors (Lipinski definition) is 0. The molecule has 1 unspecified atom stereocenters. The molecule has 0 radical (unpaired) electrons. The third kappa shape index (κ3) is 5.28. The number of pyridine rings is 1. The van der Waals surface area contributed by atoms with Crippen molar-refractivity contribution >= 4 is 11.8 Å². The normalized spacial score (nSPS) is 18.2. The van der Waals surface area contributed by atoms with Gasteiger partial charge in [0.15, 0.2) is 11.6 Å². The van der Waals surface area contributed by atoms with Crippen LogP contribution >= 0.6 is 11.8 Å². The Morgan fingerprint density at radius 1 is 1.05 bits per heavy atom.